The Labute approximate surface area is 171 Å². The van der Waals surface area contributed by atoms with Gasteiger partial charge in [0.1, 0.15) is 5.82 Å². The van der Waals surface area contributed by atoms with E-state index in [9.17, 15) is 4.79 Å². The molecule has 0 aliphatic rings. The maximum atomic E-state index is 12.5. The predicted octanol–water partition coefficient (Wildman–Crippen LogP) is 2.59. The van der Waals surface area contributed by atoms with Gasteiger partial charge in [-0.25, -0.2) is 4.98 Å². The van der Waals surface area contributed by atoms with E-state index in [2.05, 4.69) is 20.2 Å². The van der Waals surface area contributed by atoms with Crippen molar-refractivity contribution in [2.24, 2.45) is 0 Å². The van der Waals surface area contributed by atoms with Gasteiger partial charge in [-0.15, -0.1) is 0 Å². The summed E-state index contributed by atoms with van der Waals surface area (Å²) in [4.78, 5) is 22.4. The minimum atomic E-state index is -0.118. The van der Waals surface area contributed by atoms with E-state index in [1.165, 1.54) is 0 Å². The molecule has 7 heteroatoms. The van der Waals surface area contributed by atoms with Gasteiger partial charge in [-0.2, -0.15) is 0 Å². The minimum Gasteiger partial charge on any atom is -0.383 e. The van der Waals surface area contributed by atoms with Crippen molar-refractivity contribution in [1.29, 1.82) is 0 Å². The number of methoxy groups -OCH3 is 2. The third kappa shape index (κ3) is 6.12. The number of benzene rings is 2. The van der Waals surface area contributed by atoms with Gasteiger partial charge < -0.3 is 19.8 Å². The molecule has 1 aromatic heterocycles. The normalized spacial score (nSPS) is 11.3. The van der Waals surface area contributed by atoms with E-state index < -0.39 is 0 Å². The van der Waals surface area contributed by atoms with Crippen molar-refractivity contribution in [2.45, 2.75) is 13.1 Å². The van der Waals surface area contributed by atoms with Crippen LogP contribution in [0.2, 0.25) is 0 Å². The van der Waals surface area contributed by atoms with Gasteiger partial charge in [0.05, 0.1) is 30.8 Å². The molecule has 0 atom stereocenters. The highest BCUT2D eigenvalue weighted by Gasteiger charge is 2.09. The van der Waals surface area contributed by atoms with Crippen LogP contribution in [0.5, 0.6) is 0 Å². The lowest BCUT2D eigenvalue weighted by atomic mass is 10.1. The molecule has 0 spiro atoms. The SMILES string of the molecule is COCCN(CCOC)Cc1ccc(C(=O)NCc2nc3ccccc3[nH]2)cc1. The zero-order chi connectivity index (χ0) is 20.5. The number of imidazole rings is 1. The molecule has 1 amide bonds. The molecule has 7 nitrogen and oxygen atoms in total. The Kier molecular flexibility index (Phi) is 7.75. The van der Waals surface area contributed by atoms with Gasteiger partial charge in [-0.1, -0.05) is 24.3 Å². The van der Waals surface area contributed by atoms with Crippen LogP contribution >= 0.6 is 0 Å². The Bertz CT molecular complexity index is 867. The maximum Gasteiger partial charge on any atom is 0.251 e. The lowest BCUT2D eigenvalue weighted by Crippen LogP contribution is -2.30. The van der Waals surface area contributed by atoms with Crippen LogP contribution in [0.15, 0.2) is 48.5 Å². The first-order valence-corrected chi connectivity index (χ1v) is 9.70. The maximum absolute atomic E-state index is 12.5. The quantitative estimate of drug-likeness (QED) is 0.521. The van der Waals surface area contributed by atoms with E-state index in [1.54, 1.807) is 14.2 Å². The number of aromatic amines is 1. The van der Waals surface area contributed by atoms with Gasteiger partial charge >= 0.3 is 0 Å². The standard InChI is InChI=1S/C22H28N4O3/c1-28-13-11-26(12-14-29-2)16-17-7-9-18(10-8-17)22(27)23-15-21-24-19-5-3-4-6-20(19)25-21/h3-10H,11-16H2,1-2H3,(H,23,27)(H,24,25). The average molecular weight is 396 g/mol. The Hall–Kier alpha value is -2.74. The number of rotatable bonds is 11. The highest BCUT2D eigenvalue weighted by molar-refractivity contribution is 5.94. The minimum absolute atomic E-state index is 0.118. The smallest absolute Gasteiger partial charge is 0.251 e. The van der Waals surface area contributed by atoms with Crippen molar-refractivity contribution in [2.75, 3.05) is 40.5 Å². The van der Waals surface area contributed by atoms with E-state index in [1.807, 2.05) is 48.5 Å². The molecule has 0 saturated carbocycles. The number of nitrogens with zero attached hydrogens (tertiary/aromatic N) is 2. The molecule has 0 aliphatic carbocycles. The number of hydrogen-bond donors (Lipinski definition) is 2. The average Bonchev–Trinajstić information content (AvgIpc) is 3.17. The van der Waals surface area contributed by atoms with Gasteiger partial charge in [-0.05, 0) is 29.8 Å². The lowest BCUT2D eigenvalue weighted by Gasteiger charge is -2.21. The predicted molar refractivity (Wildman–Crippen MR) is 113 cm³/mol. The van der Waals surface area contributed by atoms with E-state index in [-0.39, 0.29) is 5.91 Å². The summed E-state index contributed by atoms with van der Waals surface area (Å²) in [5.41, 5.74) is 3.64. The zero-order valence-corrected chi connectivity index (χ0v) is 17.0. The van der Waals surface area contributed by atoms with Gasteiger partial charge in [0.15, 0.2) is 0 Å². The number of aromatic nitrogens is 2. The van der Waals surface area contributed by atoms with Crippen molar-refractivity contribution >= 4 is 16.9 Å². The number of H-pyrrole nitrogens is 1. The number of carbonyl (C=O) groups excluding carboxylic acids is 1. The van der Waals surface area contributed by atoms with Crippen molar-refractivity contribution in [3.63, 3.8) is 0 Å². The van der Waals surface area contributed by atoms with Crippen molar-refractivity contribution in [1.82, 2.24) is 20.2 Å². The van der Waals surface area contributed by atoms with Crippen LogP contribution in [0.3, 0.4) is 0 Å². The number of carbonyl (C=O) groups is 1. The Balaban J connectivity index is 1.54. The molecule has 0 aliphatic heterocycles. The van der Waals surface area contributed by atoms with Gasteiger partial charge in [0, 0.05) is 39.4 Å². The third-order valence-corrected chi connectivity index (χ3v) is 4.70. The van der Waals surface area contributed by atoms with Gasteiger partial charge in [-0.3, -0.25) is 9.69 Å². The van der Waals surface area contributed by atoms with Crippen molar-refractivity contribution in [3.05, 3.63) is 65.5 Å². The first kappa shape index (κ1) is 21.0. The second kappa shape index (κ2) is 10.7. The molecule has 0 saturated heterocycles. The number of amides is 1. The van der Waals surface area contributed by atoms with E-state index in [0.717, 1.165) is 42.1 Å². The number of hydrogen-bond acceptors (Lipinski definition) is 5. The summed E-state index contributed by atoms with van der Waals surface area (Å²) in [6.45, 7) is 4.15. The summed E-state index contributed by atoms with van der Waals surface area (Å²) in [6.07, 6.45) is 0. The molecular weight excluding hydrogens is 368 g/mol. The Morgan fingerprint density at radius 2 is 1.72 bits per heavy atom. The fraction of sp³-hybridized carbons (Fsp3) is 0.364. The van der Waals surface area contributed by atoms with Crippen molar-refractivity contribution < 1.29 is 14.3 Å². The Morgan fingerprint density at radius 3 is 2.38 bits per heavy atom. The molecule has 1 heterocycles. The Morgan fingerprint density at radius 1 is 1.03 bits per heavy atom. The monoisotopic (exact) mass is 396 g/mol. The van der Waals surface area contributed by atoms with Crippen LogP contribution < -0.4 is 5.32 Å². The van der Waals surface area contributed by atoms with Crippen LogP contribution in [0.1, 0.15) is 21.7 Å². The van der Waals surface area contributed by atoms with Crippen LogP contribution in [-0.2, 0) is 22.6 Å². The lowest BCUT2D eigenvalue weighted by molar-refractivity contribution is 0.0950. The topological polar surface area (TPSA) is 79.5 Å². The second-order valence-corrected chi connectivity index (χ2v) is 6.84. The summed E-state index contributed by atoms with van der Waals surface area (Å²) in [7, 11) is 3.40. The number of para-hydroxylation sites is 2. The molecule has 0 bridgehead atoms. The summed E-state index contributed by atoms with van der Waals surface area (Å²) < 4.78 is 10.4. The molecule has 2 N–H and O–H groups in total. The summed E-state index contributed by atoms with van der Waals surface area (Å²) in [5, 5.41) is 2.92. The van der Waals surface area contributed by atoms with Crippen molar-refractivity contribution in [3.8, 4) is 0 Å². The molecule has 2 aromatic carbocycles. The molecule has 29 heavy (non-hydrogen) atoms. The van der Waals surface area contributed by atoms with E-state index >= 15 is 0 Å². The zero-order valence-electron chi connectivity index (χ0n) is 17.0. The first-order chi connectivity index (χ1) is 14.2. The summed E-state index contributed by atoms with van der Waals surface area (Å²) >= 11 is 0. The molecule has 3 rings (SSSR count). The molecular formula is C22H28N4O3. The summed E-state index contributed by atoms with van der Waals surface area (Å²) in [6, 6.07) is 15.5. The first-order valence-electron chi connectivity index (χ1n) is 9.70. The second-order valence-electron chi connectivity index (χ2n) is 6.84. The molecule has 0 radical (unpaired) electrons. The summed E-state index contributed by atoms with van der Waals surface area (Å²) in [5.74, 6) is 0.621. The third-order valence-electron chi connectivity index (χ3n) is 4.70. The number of fused-ring (bicyclic) bond motifs is 1. The fourth-order valence-electron chi connectivity index (χ4n) is 3.09. The highest BCUT2D eigenvalue weighted by atomic mass is 16.5. The highest BCUT2D eigenvalue weighted by Crippen LogP contribution is 2.11. The van der Waals surface area contributed by atoms with Crippen LogP contribution in [0.25, 0.3) is 11.0 Å². The fourth-order valence-corrected chi connectivity index (χ4v) is 3.09. The largest absolute Gasteiger partial charge is 0.383 e. The number of nitrogens with one attached hydrogen (secondary N) is 2. The van der Waals surface area contributed by atoms with Gasteiger partial charge in [0.25, 0.3) is 5.91 Å². The van der Waals surface area contributed by atoms with E-state index in [4.69, 9.17) is 9.47 Å². The molecule has 154 valence electrons. The number of ether oxygens (including phenoxy) is 2. The van der Waals surface area contributed by atoms with Gasteiger partial charge in [0.2, 0.25) is 0 Å². The van der Waals surface area contributed by atoms with E-state index in [0.29, 0.717) is 25.3 Å². The van der Waals surface area contributed by atoms with Crippen LogP contribution in [-0.4, -0.2) is 61.3 Å². The molecule has 0 fully saturated rings. The molecule has 0 unspecified atom stereocenters. The molecule has 3 aromatic rings. The van der Waals surface area contributed by atoms with Crippen LogP contribution in [0.4, 0.5) is 0 Å². The van der Waals surface area contributed by atoms with Crippen LogP contribution in [0, 0.1) is 0 Å².